The zero-order valence-electron chi connectivity index (χ0n) is 8.62. The minimum atomic E-state index is -4.24. The van der Waals surface area contributed by atoms with E-state index in [1.54, 1.807) is 0 Å². The maximum atomic E-state index is 13.4. The van der Waals surface area contributed by atoms with Gasteiger partial charge in [0.05, 0.1) is 6.61 Å². The normalized spacial score (nSPS) is 15.9. The first kappa shape index (κ1) is 12.6. The molecule has 0 amide bonds. The van der Waals surface area contributed by atoms with E-state index < -0.39 is 31.3 Å². The van der Waals surface area contributed by atoms with Crippen LogP contribution in [0.5, 0.6) is 5.75 Å². The molecule has 1 saturated carbocycles. The number of hydrogen-bond acceptors (Lipinski definition) is 3. The Morgan fingerprint density at radius 2 is 2.00 bits per heavy atom. The summed E-state index contributed by atoms with van der Waals surface area (Å²) in [7, 11) is 0.859. The lowest BCUT2D eigenvalue weighted by molar-refractivity contribution is 0.276. The number of hydrogen-bond donors (Lipinski definition) is 0. The molecule has 0 unspecified atom stereocenters. The van der Waals surface area contributed by atoms with E-state index in [0.29, 0.717) is 18.1 Å². The molecule has 0 N–H and O–H groups in total. The first-order chi connectivity index (χ1) is 7.88. The van der Waals surface area contributed by atoms with Gasteiger partial charge in [-0.05, 0) is 24.8 Å². The van der Waals surface area contributed by atoms with Crippen LogP contribution in [0.3, 0.4) is 0 Å². The average Bonchev–Trinajstić information content (AvgIpc) is 2.97. The highest BCUT2D eigenvalue weighted by Crippen LogP contribution is 2.34. The van der Waals surface area contributed by atoms with E-state index >= 15 is 0 Å². The van der Waals surface area contributed by atoms with Crippen LogP contribution in [-0.4, -0.2) is 15.0 Å². The zero-order valence-corrected chi connectivity index (χ0v) is 10.2. The van der Waals surface area contributed by atoms with E-state index in [1.165, 1.54) is 0 Å². The fourth-order valence-corrected chi connectivity index (χ4v) is 2.32. The molecule has 7 heteroatoms. The van der Waals surface area contributed by atoms with E-state index in [4.69, 9.17) is 15.4 Å². The second-order valence-electron chi connectivity index (χ2n) is 3.91. The second-order valence-corrected chi connectivity index (χ2v) is 6.44. The molecule has 0 saturated heterocycles. The van der Waals surface area contributed by atoms with Crippen molar-refractivity contribution in [2.45, 2.75) is 17.7 Å². The zero-order chi connectivity index (χ0) is 12.6. The molecule has 0 bridgehead atoms. The van der Waals surface area contributed by atoms with Gasteiger partial charge in [0.1, 0.15) is 10.7 Å². The van der Waals surface area contributed by atoms with E-state index in [9.17, 15) is 17.2 Å². The monoisotopic (exact) mass is 282 g/mol. The molecule has 0 spiro atoms. The summed E-state index contributed by atoms with van der Waals surface area (Å²) in [5.41, 5.74) is 0. The van der Waals surface area contributed by atoms with E-state index in [-0.39, 0.29) is 6.61 Å². The fraction of sp³-hybridized carbons (Fsp3) is 0.400. The van der Waals surface area contributed by atoms with E-state index in [0.717, 1.165) is 12.8 Å². The third-order valence-electron chi connectivity index (χ3n) is 2.40. The van der Waals surface area contributed by atoms with Crippen LogP contribution in [0.15, 0.2) is 17.0 Å². The molecule has 0 aliphatic heterocycles. The van der Waals surface area contributed by atoms with Crippen LogP contribution in [0.2, 0.25) is 0 Å². The molecule has 1 aromatic carbocycles. The summed E-state index contributed by atoms with van der Waals surface area (Å²) < 4.78 is 53.8. The van der Waals surface area contributed by atoms with Gasteiger partial charge >= 0.3 is 0 Å². The molecule has 0 aromatic heterocycles. The van der Waals surface area contributed by atoms with Crippen molar-refractivity contribution in [2.75, 3.05) is 6.61 Å². The lowest BCUT2D eigenvalue weighted by Gasteiger charge is -2.10. The van der Waals surface area contributed by atoms with E-state index in [2.05, 4.69) is 0 Å². The number of benzene rings is 1. The minimum absolute atomic E-state index is 0.210. The van der Waals surface area contributed by atoms with Crippen molar-refractivity contribution in [3.05, 3.63) is 23.8 Å². The van der Waals surface area contributed by atoms with Crippen molar-refractivity contribution < 1.29 is 21.9 Å². The summed E-state index contributed by atoms with van der Waals surface area (Å²) in [5.74, 6) is -2.27. The van der Waals surface area contributed by atoms with Crippen LogP contribution < -0.4 is 4.74 Å². The van der Waals surface area contributed by atoms with Crippen molar-refractivity contribution >= 4 is 19.7 Å². The molecule has 1 aliphatic rings. The van der Waals surface area contributed by atoms with Crippen LogP contribution in [0.25, 0.3) is 0 Å². The number of halogens is 3. The molecular weight excluding hydrogens is 274 g/mol. The van der Waals surface area contributed by atoms with Gasteiger partial charge < -0.3 is 4.74 Å². The van der Waals surface area contributed by atoms with Crippen molar-refractivity contribution in [1.29, 1.82) is 0 Å². The summed E-state index contributed by atoms with van der Waals surface area (Å²) in [6.07, 6.45) is 1.93. The first-order valence-electron chi connectivity index (χ1n) is 4.94. The Morgan fingerprint density at radius 3 is 2.53 bits per heavy atom. The number of ether oxygens (including phenoxy) is 1. The SMILES string of the molecule is O=S(=O)(Cl)c1cc(F)cc(F)c1OCC1CC1. The van der Waals surface area contributed by atoms with Gasteiger partial charge in [0.2, 0.25) is 0 Å². The molecule has 2 rings (SSSR count). The molecule has 3 nitrogen and oxygen atoms in total. The quantitative estimate of drug-likeness (QED) is 0.798. The van der Waals surface area contributed by atoms with Gasteiger partial charge in [-0.3, -0.25) is 0 Å². The lowest BCUT2D eigenvalue weighted by Crippen LogP contribution is -2.06. The highest BCUT2D eigenvalue weighted by atomic mass is 35.7. The summed E-state index contributed by atoms with van der Waals surface area (Å²) in [6, 6.07) is 1.21. The highest BCUT2D eigenvalue weighted by Gasteiger charge is 2.26. The van der Waals surface area contributed by atoms with Crippen molar-refractivity contribution in [2.24, 2.45) is 5.92 Å². The van der Waals surface area contributed by atoms with Crippen LogP contribution in [-0.2, 0) is 9.05 Å². The standard InChI is InChI=1S/C10H9ClF2O3S/c11-17(14,15)9-4-7(12)3-8(13)10(9)16-5-6-1-2-6/h3-4,6H,1-2,5H2. The molecule has 1 fully saturated rings. The first-order valence-corrected chi connectivity index (χ1v) is 7.25. The molecule has 0 radical (unpaired) electrons. The fourth-order valence-electron chi connectivity index (χ4n) is 1.34. The molecule has 1 aromatic rings. The van der Waals surface area contributed by atoms with Crippen LogP contribution in [0.1, 0.15) is 12.8 Å². The largest absolute Gasteiger partial charge is 0.489 e. The molecular formula is C10H9ClF2O3S. The molecule has 1 aliphatic carbocycles. The molecule has 94 valence electrons. The summed E-state index contributed by atoms with van der Waals surface area (Å²) in [6.45, 7) is 0.210. The lowest BCUT2D eigenvalue weighted by atomic mass is 10.3. The topological polar surface area (TPSA) is 43.4 Å². The predicted octanol–water partition coefficient (Wildman–Crippen LogP) is 2.68. The Kier molecular flexibility index (Phi) is 3.27. The van der Waals surface area contributed by atoms with Gasteiger partial charge in [-0.15, -0.1) is 0 Å². The molecule has 17 heavy (non-hydrogen) atoms. The average molecular weight is 283 g/mol. The Balaban J connectivity index is 2.39. The Hall–Kier alpha value is -0.880. The number of rotatable bonds is 4. The van der Waals surface area contributed by atoms with Gasteiger partial charge in [0.15, 0.2) is 11.6 Å². The van der Waals surface area contributed by atoms with Crippen LogP contribution in [0, 0.1) is 17.6 Å². The Bertz CT molecular complexity index is 541. The van der Waals surface area contributed by atoms with Crippen molar-refractivity contribution in [1.82, 2.24) is 0 Å². The molecule has 0 atom stereocenters. The summed E-state index contributed by atoms with van der Waals surface area (Å²) >= 11 is 0. The van der Waals surface area contributed by atoms with Crippen LogP contribution >= 0.6 is 10.7 Å². The maximum absolute atomic E-state index is 13.4. The highest BCUT2D eigenvalue weighted by molar-refractivity contribution is 8.13. The van der Waals surface area contributed by atoms with Gasteiger partial charge in [0, 0.05) is 16.7 Å². The van der Waals surface area contributed by atoms with Gasteiger partial charge in [-0.2, -0.15) is 0 Å². The maximum Gasteiger partial charge on any atom is 0.265 e. The third kappa shape index (κ3) is 3.07. The Morgan fingerprint density at radius 1 is 1.35 bits per heavy atom. The Labute approximate surface area is 102 Å². The van der Waals surface area contributed by atoms with Crippen molar-refractivity contribution in [3.8, 4) is 5.75 Å². The predicted molar refractivity (Wildman–Crippen MR) is 57.6 cm³/mol. The summed E-state index contributed by atoms with van der Waals surface area (Å²) in [4.78, 5) is -0.669. The van der Waals surface area contributed by atoms with Gasteiger partial charge in [-0.25, -0.2) is 17.2 Å². The third-order valence-corrected chi connectivity index (χ3v) is 3.72. The van der Waals surface area contributed by atoms with Crippen molar-refractivity contribution in [3.63, 3.8) is 0 Å². The summed E-state index contributed by atoms with van der Waals surface area (Å²) in [5, 5.41) is 0. The van der Waals surface area contributed by atoms with Gasteiger partial charge in [-0.1, -0.05) is 0 Å². The van der Waals surface area contributed by atoms with Gasteiger partial charge in [0.25, 0.3) is 9.05 Å². The van der Waals surface area contributed by atoms with Crippen LogP contribution in [0.4, 0.5) is 8.78 Å². The van der Waals surface area contributed by atoms with E-state index in [1.807, 2.05) is 0 Å². The molecule has 0 heterocycles. The second kappa shape index (κ2) is 4.42. The minimum Gasteiger partial charge on any atom is -0.489 e. The smallest absolute Gasteiger partial charge is 0.265 e.